The predicted molar refractivity (Wildman–Crippen MR) is 123 cm³/mol. The molecule has 2 heterocycles. The molecule has 0 aliphatic rings. The number of nitrogens with one attached hydrogen (secondary N) is 1. The highest BCUT2D eigenvalue weighted by Gasteiger charge is 2.19. The molecule has 9 heteroatoms. The first-order valence-corrected chi connectivity index (χ1v) is 11.7. The lowest BCUT2D eigenvalue weighted by atomic mass is 10.1. The third-order valence-corrected chi connectivity index (χ3v) is 6.46. The van der Waals surface area contributed by atoms with Gasteiger partial charge < -0.3 is 4.57 Å². The minimum absolute atomic E-state index is 0.0160. The normalized spacial score (nSPS) is 10.8. The Balaban J connectivity index is 1.51. The molecule has 2 amide bonds. The second-order valence-electron chi connectivity index (χ2n) is 6.82. The van der Waals surface area contributed by atoms with Crippen molar-refractivity contribution >= 4 is 34.9 Å². The fourth-order valence-corrected chi connectivity index (χ4v) is 4.47. The molecular weight excluding hydrogens is 447 g/mol. The summed E-state index contributed by atoms with van der Waals surface area (Å²) in [7, 11) is 0. The van der Waals surface area contributed by atoms with Gasteiger partial charge in [0.15, 0.2) is 11.0 Å². The summed E-state index contributed by atoms with van der Waals surface area (Å²) >= 11 is 2.42. The molecule has 0 aliphatic carbocycles. The second kappa shape index (κ2) is 10.3. The van der Waals surface area contributed by atoms with Gasteiger partial charge in [-0.05, 0) is 35.6 Å². The van der Waals surface area contributed by atoms with Gasteiger partial charge in [0.05, 0.1) is 16.2 Å². The first-order valence-electron chi connectivity index (χ1n) is 9.84. The molecule has 162 valence electrons. The SMILES string of the molecule is O=C(CSc1nnc(-c2ccccc2F)n1CCc1ccccc1)NC(=O)c1cccs1. The smallest absolute Gasteiger partial charge is 0.267 e. The van der Waals surface area contributed by atoms with Gasteiger partial charge in [0.1, 0.15) is 5.82 Å². The summed E-state index contributed by atoms with van der Waals surface area (Å²) < 4.78 is 16.2. The number of thiophene rings is 1. The van der Waals surface area contributed by atoms with E-state index in [0.717, 1.165) is 17.3 Å². The summed E-state index contributed by atoms with van der Waals surface area (Å²) in [5, 5.41) is 13.0. The Hall–Kier alpha value is -3.30. The molecule has 0 saturated carbocycles. The molecule has 0 unspecified atom stereocenters. The molecule has 2 aromatic carbocycles. The highest BCUT2D eigenvalue weighted by Crippen LogP contribution is 2.26. The molecule has 4 aromatic rings. The number of rotatable bonds is 8. The van der Waals surface area contributed by atoms with E-state index in [2.05, 4.69) is 15.5 Å². The molecule has 0 bridgehead atoms. The standard InChI is InChI=1S/C23H19FN4O2S2/c24-18-10-5-4-9-17(18)21-26-27-23(28(21)13-12-16-7-2-1-3-8-16)32-15-20(29)25-22(30)19-11-6-14-31-19/h1-11,14H,12-13,15H2,(H,25,29,30). The summed E-state index contributed by atoms with van der Waals surface area (Å²) in [5.74, 6) is -0.868. The summed E-state index contributed by atoms with van der Waals surface area (Å²) in [4.78, 5) is 24.8. The molecule has 2 aromatic heterocycles. The Labute approximate surface area is 192 Å². The maximum absolute atomic E-state index is 14.4. The topological polar surface area (TPSA) is 76.9 Å². The third-order valence-electron chi connectivity index (χ3n) is 4.63. The number of carbonyl (C=O) groups is 2. The van der Waals surface area contributed by atoms with Crippen LogP contribution in [-0.4, -0.2) is 32.3 Å². The fourth-order valence-electron chi connectivity index (χ4n) is 3.09. The van der Waals surface area contributed by atoms with Crippen molar-refractivity contribution in [1.29, 1.82) is 0 Å². The average Bonchev–Trinajstić information content (AvgIpc) is 3.48. The van der Waals surface area contributed by atoms with E-state index < -0.39 is 17.6 Å². The van der Waals surface area contributed by atoms with E-state index in [9.17, 15) is 14.0 Å². The van der Waals surface area contributed by atoms with Gasteiger partial charge >= 0.3 is 0 Å². The molecule has 0 atom stereocenters. The summed E-state index contributed by atoms with van der Waals surface area (Å²) in [6.07, 6.45) is 0.691. The highest BCUT2D eigenvalue weighted by molar-refractivity contribution is 7.99. The number of carbonyl (C=O) groups excluding carboxylic acids is 2. The molecule has 0 spiro atoms. The Morgan fingerprint density at radius 3 is 2.53 bits per heavy atom. The van der Waals surface area contributed by atoms with E-state index in [1.807, 2.05) is 34.9 Å². The first-order chi connectivity index (χ1) is 15.6. The van der Waals surface area contributed by atoms with Crippen molar-refractivity contribution < 1.29 is 14.0 Å². The molecule has 0 radical (unpaired) electrons. The van der Waals surface area contributed by atoms with E-state index in [0.29, 0.717) is 34.4 Å². The minimum Gasteiger partial charge on any atom is -0.302 e. The lowest BCUT2D eigenvalue weighted by molar-refractivity contribution is -0.117. The van der Waals surface area contributed by atoms with E-state index in [1.165, 1.54) is 17.4 Å². The molecule has 32 heavy (non-hydrogen) atoms. The second-order valence-corrected chi connectivity index (χ2v) is 8.71. The third kappa shape index (κ3) is 5.30. The Morgan fingerprint density at radius 1 is 1.00 bits per heavy atom. The number of aromatic nitrogens is 3. The number of imide groups is 1. The van der Waals surface area contributed by atoms with Gasteiger partial charge in [0.2, 0.25) is 5.91 Å². The number of amides is 2. The summed E-state index contributed by atoms with van der Waals surface area (Å²) in [6, 6.07) is 19.7. The van der Waals surface area contributed by atoms with Crippen LogP contribution in [0.1, 0.15) is 15.2 Å². The maximum atomic E-state index is 14.4. The zero-order valence-electron chi connectivity index (χ0n) is 16.9. The number of benzene rings is 2. The van der Waals surface area contributed by atoms with Gasteiger partial charge in [-0.1, -0.05) is 60.3 Å². The zero-order chi connectivity index (χ0) is 22.3. The number of thioether (sulfide) groups is 1. The Bertz CT molecular complexity index is 1210. The van der Waals surface area contributed by atoms with Crippen molar-refractivity contribution in [3.05, 3.63) is 88.4 Å². The van der Waals surface area contributed by atoms with Crippen molar-refractivity contribution in [3.63, 3.8) is 0 Å². The van der Waals surface area contributed by atoms with E-state index in [1.54, 1.807) is 35.7 Å². The van der Waals surface area contributed by atoms with Crippen molar-refractivity contribution in [2.75, 3.05) is 5.75 Å². The molecular formula is C23H19FN4O2S2. The largest absolute Gasteiger partial charge is 0.302 e. The van der Waals surface area contributed by atoms with Crippen LogP contribution in [0.3, 0.4) is 0 Å². The molecule has 0 aliphatic heterocycles. The Morgan fingerprint density at radius 2 is 1.78 bits per heavy atom. The van der Waals surface area contributed by atoms with Crippen LogP contribution in [-0.2, 0) is 17.8 Å². The molecule has 0 fully saturated rings. The first kappa shape index (κ1) is 21.9. The van der Waals surface area contributed by atoms with Gasteiger partial charge in [-0.2, -0.15) is 0 Å². The van der Waals surface area contributed by atoms with Crippen LogP contribution in [0.15, 0.2) is 77.3 Å². The number of aryl methyl sites for hydroxylation is 1. The van der Waals surface area contributed by atoms with Crippen molar-refractivity contribution in [3.8, 4) is 11.4 Å². The minimum atomic E-state index is -0.432. The number of halogens is 1. The lowest BCUT2D eigenvalue weighted by Crippen LogP contribution is -2.31. The van der Waals surface area contributed by atoms with Gasteiger partial charge in [-0.3, -0.25) is 14.9 Å². The van der Waals surface area contributed by atoms with Crippen molar-refractivity contribution in [1.82, 2.24) is 20.1 Å². The number of hydrogen-bond acceptors (Lipinski definition) is 6. The van der Waals surface area contributed by atoms with Gasteiger partial charge in [-0.25, -0.2) is 4.39 Å². The Kier molecular flexibility index (Phi) is 7.08. The van der Waals surface area contributed by atoms with E-state index in [4.69, 9.17) is 0 Å². The van der Waals surface area contributed by atoms with Crippen LogP contribution >= 0.6 is 23.1 Å². The van der Waals surface area contributed by atoms with Crippen molar-refractivity contribution in [2.45, 2.75) is 18.1 Å². The van der Waals surface area contributed by atoms with Crippen LogP contribution in [0.5, 0.6) is 0 Å². The predicted octanol–water partition coefficient (Wildman–Crippen LogP) is 4.44. The van der Waals surface area contributed by atoms with E-state index in [-0.39, 0.29) is 5.75 Å². The molecule has 0 saturated heterocycles. The average molecular weight is 467 g/mol. The van der Waals surface area contributed by atoms with Crippen LogP contribution in [0.4, 0.5) is 4.39 Å². The summed E-state index contributed by atoms with van der Waals surface area (Å²) in [5.41, 5.74) is 1.47. The fraction of sp³-hybridized carbons (Fsp3) is 0.130. The molecule has 6 nitrogen and oxygen atoms in total. The lowest BCUT2D eigenvalue weighted by Gasteiger charge is -2.11. The number of nitrogens with zero attached hydrogens (tertiary/aromatic N) is 3. The highest BCUT2D eigenvalue weighted by atomic mass is 32.2. The monoisotopic (exact) mass is 466 g/mol. The van der Waals surface area contributed by atoms with Crippen LogP contribution in [0, 0.1) is 5.82 Å². The van der Waals surface area contributed by atoms with Gasteiger partial charge in [0, 0.05) is 6.54 Å². The van der Waals surface area contributed by atoms with Gasteiger partial charge in [-0.15, -0.1) is 21.5 Å². The van der Waals surface area contributed by atoms with Gasteiger partial charge in [0.25, 0.3) is 5.91 Å². The van der Waals surface area contributed by atoms with Crippen LogP contribution in [0.2, 0.25) is 0 Å². The summed E-state index contributed by atoms with van der Waals surface area (Å²) in [6.45, 7) is 0.513. The van der Waals surface area contributed by atoms with Crippen LogP contribution in [0.25, 0.3) is 11.4 Å². The van der Waals surface area contributed by atoms with E-state index >= 15 is 0 Å². The molecule has 1 N–H and O–H groups in total. The zero-order valence-corrected chi connectivity index (χ0v) is 18.5. The molecule has 4 rings (SSSR count). The van der Waals surface area contributed by atoms with Crippen molar-refractivity contribution in [2.24, 2.45) is 0 Å². The quantitative estimate of drug-likeness (QED) is 0.389. The number of hydrogen-bond donors (Lipinski definition) is 1. The van der Waals surface area contributed by atoms with Crippen LogP contribution < -0.4 is 5.32 Å². The maximum Gasteiger partial charge on any atom is 0.267 e.